The van der Waals surface area contributed by atoms with Gasteiger partial charge in [0.15, 0.2) is 0 Å². The molecule has 0 radical (unpaired) electrons. The maximum absolute atomic E-state index is 8.99. The summed E-state index contributed by atoms with van der Waals surface area (Å²) in [5.41, 5.74) is 0.977. The Morgan fingerprint density at radius 1 is 1.54 bits per heavy atom. The van der Waals surface area contributed by atoms with E-state index in [2.05, 4.69) is 0 Å². The average Bonchev–Trinajstić information content (AvgIpc) is 2.07. The van der Waals surface area contributed by atoms with Gasteiger partial charge in [0.2, 0.25) is 0 Å². The Hall–Kier alpha value is -0.730. The second kappa shape index (κ2) is 4.49. The fourth-order valence-electron chi connectivity index (χ4n) is 0.924. The molecule has 0 unspecified atom stereocenters. The second-order valence-corrected chi connectivity index (χ2v) is 3.48. The number of hydrogen-bond donors (Lipinski definition) is 1. The fourth-order valence-corrected chi connectivity index (χ4v) is 1.04. The van der Waals surface area contributed by atoms with E-state index in [0.29, 0.717) is 6.61 Å². The van der Waals surface area contributed by atoms with E-state index < -0.39 is 6.10 Å². The molecule has 1 rings (SSSR count). The molecule has 0 aliphatic rings. The third kappa shape index (κ3) is 3.25. The summed E-state index contributed by atoms with van der Waals surface area (Å²) in [6.07, 6.45) is -0.448. The Bertz CT molecular complexity index is 284. The molecule has 1 aromatic rings. The zero-order valence-electron chi connectivity index (χ0n) is 7.75. The van der Waals surface area contributed by atoms with Gasteiger partial charge in [0.25, 0.3) is 0 Å². The van der Waals surface area contributed by atoms with Crippen LogP contribution in [0.25, 0.3) is 0 Å². The third-order valence-electron chi connectivity index (χ3n) is 1.62. The highest BCUT2D eigenvalue weighted by atomic mass is 35.5. The summed E-state index contributed by atoms with van der Waals surface area (Å²) in [7, 11) is 0. The molecule has 2 nitrogen and oxygen atoms in total. The number of hydrogen-bond acceptors (Lipinski definition) is 2. The minimum atomic E-state index is -0.448. The van der Waals surface area contributed by atoms with Crippen LogP contribution in [0, 0.1) is 6.92 Å². The first kappa shape index (κ1) is 10.4. The van der Waals surface area contributed by atoms with E-state index in [-0.39, 0.29) is 0 Å². The number of aliphatic hydroxyl groups is 1. The van der Waals surface area contributed by atoms with Crippen molar-refractivity contribution in [2.45, 2.75) is 20.0 Å². The van der Waals surface area contributed by atoms with E-state index in [1.807, 2.05) is 13.0 Å². The molecule has 0 aliphatic carbocycles. The van der Waals surface area contributed by atoms with E-state index in [9.17, 15) is 0 Å². The van der Waals surface area contributed by atoms with Crippen molar-refractivity contribution >= 4 is 11.6 Å². The van der Waals surface area contributed by atoms with Crippen LogP contribution in [-0.2, 0) is 0 Å². The fraction of sp³-hybridized carbons (Fsp3) is 0.400. The molecule has 0 saturated carbocycles. The van der Waals surface area contributed by atoms with Crippen molar-refractivity contribution in [2.75, 3.05) is 6.61 Å². The van der Waals surface area contributed by atoms with Crippen molar-refractivity contribution in [3.8, 4) is 5.75 Å². The molecule has 13 heavy (non-hydrogen) atoms. The van der Waals surface area contributed by atoms with Gasteiger partial charge in [0, 0.05) is 5.02 Å². The lowest BCUT2D eigenvalue weighted by molar-refractivity contribution is 0.122. The molecule has 0 saturated heterocycles. The summed E-state index contributed by atoms with van der Waals surface area (Å²) in [6, 6.07) is 5.43. The van der Waals surface area contributed by atoms with Crippen LogP contribution in [-0.4, -0.2) is 17.8 Å². The molecule has 0 fully saturated rings. The van der Waals surface area contributed by atoms with Crippen LogP contribution in [0.4, 0.5) is 0 Å². The predicted molar refractivity (Wildman–Crippen MR) is 53.4 cm³/mol. The van der Waals surface area contributed by atoms with Crippen molar-refractivity contribution < 1.29 is 9.84 Å². The van der Waals surface area contributed by atoms with Crippen molar-refractivity contribution in [3.63, 3.8) is 0 Å². The molecule has 1 atom stereocenters. The predicted octanol–water partition coefficient (Wildman–Crippen LogP) is 2.41. The van der Waals surface area contributed by atoms with Crippen LogP contribution < -0.4 is 4.74 Å². The van der Waals surface area contributed by atoms with Gasteiger partial charge in [-0.05, 0) is 37.6 Å². The lowest BCUT2D eigenvalue weighted by Crippen LogP contribution is -2.12. The monoisotopic (exact) mass is 200 g/mol. The number of halogens is 1. The van der Waals surface area contributed by atoms with Crippen LogP contribution in [0.3, 0.4) is 0 Å². The van der Waals surface area contributed by atoms with Crippen molar-refractivity contribution in [1.29, 1.82) is 0 Å². The lowest BCUT2D eigenvalue weighted by atomic mass is 10.2. The number of aryl methyl sites for hydroxylation is 1. The Morgan fingerprint density at radius 3 is 2.77 bits per heavy atom. The first-order valence-corrected chi connectivity index (χ1v) is 4.54. The largest absolute Gasteiger partial charge is 0.491 e. The van der Waals surface area contributed by atoms with Gasteiger partial charge < -0.3 is 9.84 Å². The standard InChI is InChI=1S/C10H13ClO2/c1-7-5-9(3-4-10(7)11)13-6-8(2)12/h3-5,8,12H,6H2,1-2H3/t8-/m0/s1. The maximum atomic E-state index is 8.99. The van der Waals surface area contributed by atoms with Gasteiger partial charge in [0.05, 0.1) is 6.10 Å². The first-order chi connectivity index (χ1) is 6.09. The van der Waals surface area contributed by atoms with Crippen LogP contribution in [0.5, 0.6) is 5.75 Å². The van der Waals surface area contributed by atoms with Crippen LogP contribution in [0.2, 0.25) is 5.02 Å². The summed E-state index contributed by atoms with van der Waals surface area (Å²) < 4.78 is 5.29. The van der Waals surface area contributed by atoms with Gasteiger partial charge in [0.1, 0.15) is 12.4 Å². The Morgan fingerprint density at radius 2 is 2.23 bits per heavy atom. The number of aliphatic hydroxyl groups excluding tert-OH is 1. The summed E-state index contributed by atoms with van der Waals surface area (Å²) >= 11 is 5.84. The van der Waals surface area contributed by atoms with Gasteiger partial charge in [-0.1, -0.05) is 11.6 Å². The maximum Gasteiger partial charge on any atom is 0.119 e. The molecule has 72 valence electrons. The van der Waals surface area contributed by atoms with E-state index in [1.54, 1.807) is 19.1 Å². The molecular formula is C10H13ClO2. The molecule has 1 N–H and O–H groups in total. The molecule has 1 aromatic carbocycles. The molecule has 3 heteroatoms. The van der Waals surface area contributed by atoms with Gasteiger partial charge in [-0.3, -0.25) is 0 Å². The Kier molecular flexibility index (Phi) is 3.58. The van der Waals surface area contributed by atoms with Gasteiger partial charge >= 0.3 is 0 Å². The van der Waals surface area contributed by atoms with Crippen molar-refractivity contribution in [3.05, 3.63) is 28.8 Å². The lowest BCUT2D eigenvalue weighted by Gasteiger charge is -2.08. The Balaban J connectivity index is 2.63. The van der Waals surface area contributed by atoms with E-state index in [4.69, 9.17) is 21.4 Å². The van der Waals surface area contributed by atoms with E-state index in [1.165, 1.54) is 0 Å². The molecule has 0 spiro atoms. The molecular weight excluding hydrogens is 188 g/mol. The van der Waals surface area contributed by atoms with Gasteiger partial charge in [-0.2, -0.15) is 0 Å². The summed E-state index contributed by atoms with van der Waals surface area (Å²) in [4.78, 5) is 0. The minimum Gasteiger partial charge on any atom is -0.491 e. The highest BCUT2D eigenvalue weighted by molar-refractivity contribution is 6.31. The van der Waals surface area contributed by atoms with Crippen LogP contribution in [0.15, 0.2) is 18.2 Å². The molecule has 0 bridgehead atoms. The zero-order chi connectivity index (χ0) is 9.84. The average molecular weight is 201 g/mol. The minimum absolute atomic E-state index is 0.307. The summed E-state index contributed by atoms with van der Waals surface area (Å²) in [5, 5.41) is 9.71. The second-order valence-electron chi connectivity index (χ2n) is 3.07. The summed E-state index contributed by atoms with van der Waals surface area (Å²) in [6.45, 7) is 3.90. The zero-order valence-corrected chi connectivity index (χ0v) is 8.51. The third-order valence-corrected chi connectivity index (χ3v) is 2.04. The first-order valence-electron chi connectivity index (χ1n) is 4.16. The number of ether oxygens (including phenoxy) is 1. The van der Waals surface area contributed by atoms with Gasteiger partial charge in [-0.25, -0.2) is 0 Å². The number of rotatable bonds is 3. The summed E-state index contributed by atoms with van der Waals surface area (Å²) in [5.74, 6) is 0.739. The SMILES string of the molecule is Cc1cc(OC[C@H](C)O)ccc1Cl. The highest BCUT2D eigenvalue weighted by Crippen LogP contribution is 2.20. The molecule has 0 amide bonds. The van der Waals surface area contributed by atoms with Gasteiger partial charge in [-0.15, -0.1) is 0 Å². The quantitative estimate of drug-likeness (QED) is 0.812. The molecule has 0 heterocycles. The topological polar surface area (TPSA) is 29.5 Å². The smallest absolute Gasteiger partial charge is 0.119 e. The normalized spacial score (nSPS) is 12.6. The van der Waals surface area contributed by atoms with Crippen LogP contribution >= 0.6 is 11.6 Å². The number of benzene rings is 1. The van der Waals surface area contributed by atoms with E-state index >= 15 is 0 Å². The van der Waals surface area contributed by atoms with Crippen molar-refractivity contribution in [2.24, 2.45) is 0 Å². The van der Waals surface area contributed by atoms with Crippen LogP contribution in [0.1, 0.15) is 12.5 Å². The van der Waals surface area contributed by atoms with Crippen molar-refractivity contribution in [1.82, 2.24) is 0 Å². The van der Waals surface area contributed by atoms with E-state index in [0.717, 1.165) is 16.3 Å². The molecule has 0 aromatic heterocycles. The molecule has 0 aliphatic heterocycles. The Labute approximate surface area is 83.1 Å². The highest BCUT2D eigenvalue weighted by Gasteiger charge is 2.00.